The number of hydrogen-bond acceptors (Lipinski definition) is 5. The maximum atomic E-state index is 13.7. The highest BCUT2D eigenvalue weighted by atomic mass is 19.1. The number of aromatic nitrogens is 1. The number of nitrogens with zero attached hydrogens (tertiary/aromatic N) is 2. The summed E-state index contributed by atoms with van der Waals surface area (Å²) in [7, 11) is 0. The summed E-state index contributed by atoms with van der Waals surface area (Å²) in [5, 5.41) is 12.7. The molecule has 2 N–H and O–H groups in total. The molecule has 1 aromatic carbocycles. The molecule has 0 aliphatic carbocycles. The van der Waals surface area contributed by atoms with Crippen molar-refractivity contribution >= 4 is 11.8 Å². The van der Waals surface area contributed by atoms with Crippen LogP contribution in [0.3, 0.4) is 0 Å². The van der Waals surface area contributed by atoms with E-state index in [2.05, 4.69) is 5.32 Å². The largest absolute Gasteiger partial charge is 0.503 e. The minimum absolute atomic E-state index is 0.0289. The summed E-state index contributed by atoms with van der Waals surface area (Å²) in [5.74, 6) is -3.83. The van der Waals surface area contributed by atoms with Gasteiger partial charge in [-0.25, -0.2) is 8.78 Å². The van der Waals surface area contributed by atoms with Crippen LogP contribution in [0.15, 0.2) is 29.2 Å². The number of fused-ring (bicyclic) bond motifs is 2. The second-order valence-electron chi connectivity index (χ2n) is 6.99. The summed E-state index contributed by atoms with van der Waals surface area (Å²) in [5.41, 5.74) is -1.58. The van der Waals surface area contributed by atoms with Crippen molar-refractivity contribution in [1.82, 2.24) is 14.8 Å². The lowest BCUT2D eigenvalue weighted by Gasteiger charge is -2.33. The van der Waals surface area contributed by atoms with E-state index in [0.29, 0.717) is 12.7 Å². The zero-order valence-electron chi connectivity index (χ0n) is 15.3. The SMILES string of the molecule is C[C@@H]1COC2Cn3cc(C(=O)NCc4ccc(F)cc4F)c(=O)c(O)c3C(=O)N21. The lowest BCUT2D eigenvalue weighted by Crippen LogP contribution is -2.49. The molecule has 0 spiro atoms. The van der Waals surface area contributed by atoms with Gasteiger partial charge in [0.05, 0.1) is 19.2 Å². The quantitative estimate of drug-likeness (QED) is 0.792. The monoisotopic (exact) mass is 405 g/mol. The summed E-state index contributed by atoms with van der Waals surface area (Å²) in [6.07, 6.45) is 0.617. The maximum Gasteiger partial charge on any atom is 0.276 e. The first-order valence-corrected chi connectivity index (χ1v) is 8.90. The molecule has 0 saturated carbocycles. The molecular weight excluding hydrogens is 388 g/mol. The van der Waals surface area contributed by atoms with E-state index in [1.54, 1.807) is 6.92 Å². The second kappa shape index (κ2) is 6.96. The molecule has 3 heterocycles. The molecule has 0 radical (unpaired) electrons. The fraction of sp³-hybridized carbons (Fsp3) is 0.316. The number of hydrogen-bond donors (Lipinski definition) is 2. The maximum absolute atomic E-state index is 13.7. The van der Waals surface area contributed by atoms with Gasteiger partial charge in [0, 0.05) is 24.4 Å². The minimum Gasteiger partial charge on any atom is -0.503 e. The third-order valence-electron chi connectivity index (χ3n) is 5.06. The Bertz CT molecular complexity index is 1080. The predicted molar refractivity (Wildman–Crippen MR) is 95.3 cm³/mol. The van der Waals surface area contributed by atoms with Crippen LogP contribution < -0.4 is 10.7 Å². The topological polar surface area (TPSA) is 101 Å². The van der Waals surface area contributed by atoms with Crippen molar-refractivity contribution in [1.29, 1.82) is 0 Å². The molecular formula is C19H17F2N3O5. The third kappa shape index (κ3) is 3.15. The molecule has 2 amide bonds. The highest BCUT2D eigenvalue weighted by Gasteiger charge is 2.42. The number of halogens is 2. The van der Waals surface area contributed by atoms with E-state index in [1.165, 1.54) is 21.7 Å². The van der Waals surface area contributed by atoms with E-state index in [9.17, 15) is 28.3 Å². The lowest BCUT2D eigenvalue weighted by molar-refractivity contribution is 0.00624. The molecule has 0 bridgehead atoms. The molecule has 1 unspecified atom stereocenters. The Balaban J connectivity index is 1.62. The Kier molecular flexibility index (Phi) is 4.58. The van der Waals surface area contributed by atoms with E-state index in [1.807, 2.05) is 0 Å². The van der Waals surface area contributed by atoms with Crippen LogP contribution in [0.1, 0.15) is 33.3 Å². The average Bonchev–Trinajstić information content (AvgIpc) is 3.04. The van der Waals surface area contributed by atoms with Gasteiger partial charge in [-0.3, -0.25) is 14.4 Å². The number of ether oxygens (including phenoxy) is 1. The van der Waals surface area contributed by atoms with Crippen LogP contribution in [0, 0.1) is 11.6 Å². The van der Waals surface area contributed by atoms with E-state index in [-0.39, 0.29) is 30.4 Å². The van der Waals surface area contributed by atoms with Gasteiger partial charge in [-0.2, -0.15) is 0 Å². The van der Waals surface area contributed by atoms with Crippen LogP contribution in [0.2, 0.25) is 0 Å². The zero-order valence-corrected chi connectivity index (χ0v) is 15.3. The predicted octanol–water partition coefficient (Wildman–Crippen LogP) is 0.963. The van der Waals surface area contributed by atoms with Crippen molar-refractivity contribution in [3.05, 3.63) is 63.1 Å². The molecule has 8 nitrogen and oxygen atoms in total. The van der Waals surface area contributed by atoms with Gasteiger partial charge < -0.3 is 24.6 Å². The number of carbonyl (C=O) groups excluding carboxylic acids is 2. The number of pyridine rings is 1. The van der Waals surface area contributed by atoms with Crippen LogP contribution in [0.5, 0.6) is 5.75 Å². The highest BCUT2D eigenvalue weighted by Crippen LogP contribution is 2.29. The second-order valence-corrected chi connectivity index (χ2v) is 6.99. The number of aromatic hydroxyl groups is 1. The number of benzene rings is 1. The number of nitrogens with one attached hydrogen (secondary N) is 1. The first kappa shape index (κ1) is 19.1. The first-order chi connectivity index (χ1) is 13.8. The van der Waals surface area contributed by atoms with Crippen molar-refractivity contribution in [3.63, 3.8) is 0 Å². The van der Waals surface area contributed by atoms with Crippen LogP contribution >= 0.6 is 0 Å². The summed E-state index contributed by atoms with van der Waals surface area (Å²) in [4.78, 5) is 39.1. The van der Waals surface area contributed by atoms with Gasteiger partial charge in [0.1, 0.15) is 17.2 Å². The Morgan fingerprint density at radius 2 is 2.10 bits per heavy atom. The molecule has 2 aliphatic heterocycles. The molecule has 29 heavy (non-hydrogen) atoms. The Morgan fingerprint density at radius 3 is 2.83 bits per heavy atom. The molecule has 2 aliphatic rings. The summed E-state index contributed by atoms with van der Waals surface area (Å²) in [6.45, 7) is 1.97. The van der Waals surface area contributed by atoms with Gasteiger partial charge in [0.2, 0.25) is 5.43 Å². The fourth-order valence-electron chi connectivity index (χ4n) is 3.57. The highest BCUT2D eigenvalue weighted by molar-refractivity contribution is 5.99. The first-order valence-electron chi connectivity index (χ1n) is 8.90. The van der Waals surface area contributed by atoms with Gasteiger partial charge in [0.15, 0.2) is 17.7 Å². The molecule has 1 saturated heterocycles. The summed E-state index contributed by atoms with van der Waals surface area (Å²) < 4.78 is 33.6. The van der Waals surface area contributed by atoms with Gasteiger partial charge >= 0.3 is 0 Å². The van der Waals surface area contributed by atoms with Crippen molar-refractivity contribution in [2.45, 2.75) is 32.3 Å². The van der Waals surface area contributed by atoms with Gasteiger partial charge in [-0.15, -0.1) is 0 Å². The molecule has 10 heteroatoms. The minimum atomic E-state index is -1.01. The van der Waals surface area contributed by atoms with E-state index >= 15 is 0 Å². The Hall–Kier alpha value is -3.27. The van der Waals surface area contributed by atoms with Crippen molar-refractivity contribution in [3.8, 4) is 5.75 Å². The molecule has 2 atom stereocenters. The van der Waals surface area contributed by atoms with Gasteiger partial charge in [-0.1, -0.05) is 6.07 Å². The third-order valence-corrected chi connectivity index (χ3v) is 5.06. The number of carbonyl (C=O) groups is 2. The number of rotatable bonds is 3. The molecule has 4 rings (SSSR count). The molecule has 1 aromatic heterocycles. The zero-order chi connectivity index (χ0) is 20.9. The van der Waals surface area contributed by atoms with E-state index in [4.69, 9.17) is 4.74 Å². The van der Waals surface area contributed by atoms with Gasteiger partial charge in [0.25, 0.3) is 11.8 Å². The standard InChI is InChI=1S/C19H17F2N3O5/c1-9-8-29-14-7-23-6-12(16(25)17(26)15(23)19(28)24(9)14)18(27)22-5-10-2-3-11(20)4-13(10)21/h2-4,6,9,14,26H,5,7-8H2,1H3,(H,22,27)/t9-,14?/m1/s1. The van der Waals surface area contributed by atoms with Crippen LogP contribution in [-0.2, 0) is 17.8 Å². The smallest absolute Gasteiger partial charge is 0.276 e. The molecule has 2 aromatic rings. The molecule has 1 fully saturated rings. The van der Waals surface area contributed by atoms with Crippen molar-refractivity contribution in [2.24, 2.45) is 0 Å². The summed E-state index contributed by atoms with van der Waals surface area (Å²) in [6, 6.07) is 2.70. The number of amides is 2. The fourth-order valence-corrected chi connectivity index (χ4v) is 3.57. The summed E-state index contributed by atoms with van der Waals surface area (Å²) >= 11 is 0. The lowest BCUT2D eigenvalue weighted by atomic mass is 10.1. The average molecular weight is 405 g/mol. The van der Waals surface area contributed by atoms with Crippen molar-refractivity contribution in [2.75, 3.05) is 6.61 Å². The Morgan fingerprint density at radius 1 is 1.34 bits per heavy atom. The normalized spacial score (nSPS) is 20.4. The van der Waals surface area contributed by atoms with Gasteiger partial charge in [-0.05, 0) is 13.0 Å². The van der Waals surface area contributed by atoms with E-state index in [0.717, 1.165) is 6.07 Å². The van der Waals surface area contributed by atoms with Crippen molar-refractivity contribution < 1.29 is 28.2 Å². The molecule has 152 valence electrons. The van der Waals surface area contributed by atoms with Crippen LogP contribution in [0.4, 0.5) is 8.78 Å². The Labute approximate surface area is 163 Å². The van der Waals surface area contributed by atoms with E-state index < -0.39 is 46.4 Å². The van der Waals surface area contributed by atoms with Crippen LogP contribution in [-0.4, -0.2) is 45.3 Å². The van der Waals surface area contributed by atoms with Crippen LogP contribution in [0.25, 0.3) is 0 Å².